The third-order valence-electron chi connectivity index (χ3n) is 15.3. The highest BCUT2D eigenvalue weighted by Gasteiger charge is 2.21. The Labute approximate surface area is 435 Å². The van der Waals surface area contributed by atoms with Gasteiger partial charge in [-0.15, -0.1) is 0 Å². The monoisotopic (exact) mass is 970 g/mol. The van der Waals surface area contributed by atoms with Crippen LogP contribution in [0.5, 0.6) is 0 Å². The van der Waals surface area contributed by atoms with Crippen LogP contribution < -0.4 is 0 Å². The Balaban J connectivity index is 0.963. The molecule has 0 fully saturated rings. The molecule has 0 atom stereocenters. The Hall–Kier alpha value is -10.3. The Bertz CT molecular complexity index is 4640. The molecule has 16 aromatic rings. The van der Waals surface area contributed by atoms with Crippen molar-refractivity contribution in [2.75, 3.05) is 0 Å². The van der Waals surface area contributed by atoms with E-state index in [1.54, 1.807) is 0 Å². The minimum absolute atomic E-state index is 0.616. The quantitative estimate of drug-likeness (QED) is 0.160. The van der Waals surface area contributed by atoms with E-state index in [0.29, 0.717) is 5.82 Å². The SMILES string of the molecule is c1ccc(-c2cc(-c3cc(-c4ccc5oc6ccccc6c5c4)cc(-c4ccc5oc6ccccc6c5c4)c3)nc(-c3cc(-n4c5ccccc5c5ccccc54)cc(-n4c5ccccc5c5ccccc54)c3)n2)cc1. The summed E-state index contributed by atoms with van der Waals surface area (Å²) in [6.45, 7) is 0. The lowest BCUT2D eigenvalue weighted by atomic mass is 9.93. The molecule has 0 N–H and O–H groups in total. The third kappa shape index (κ3) is 6.67. The minimum atomic E-state index is 0.616. The molecule has 0 saturated carbocycles. The molecule has 0 bridgehead atoms. The summed E-state index contributed by atoms with van der Waals surface area (Å²) in [5, 5.41) is 9.11. The van der Waals surface area contributed by atoms with E-state index >= 15 is 0 Å². The average Bonchev–Trinajstić information content (AvgIpc) is 4.27. The predicted octanol–water partition coefficient (Wildman–Crippen LogP) is 18.8. The van der Waals surface area contributed by atoms with Crippen LogP contribution >= 0.6 is 0 Å². The van der Waals surface area contributed by atoms with Gasteiger partial charge in [0.15, 0.2) is 5.82 Å². The Kier molecular flexibility index (Phi) is 9.23. The minimum Gasteiger partial charge on any atom is -0.456 e. The molecule has 0 saturated heterocycles. The van der Waals surface area contributed by atoms with Crippen molar-refractivity contribution in [3.05, 3.63) is 255 Å². The first-order chi connectivity index (χ1) is 37.6. The zero-order valence-corrected chi connectivity index (χ0v) is 40.9. The summed E-state index contributed by atoms with van der Waals surface area (Å²) in [7, 11) is 0. The van der Waals surface area contributed by atoms with E-state index in [-0.39, 0.29) is 0 Å². The van der Waals surface area contributed by atoms with Crippen LogP contribution in [0.15, 0.2) is 264 Å². The fraction of sp³-hybridized carbons (Fsp3) is 0. The number of aromatic nitrogens is 4. The number of para-hydroxylation sites is 6. The van der Waals surface area contributed by atoms with Crippen LogP contribution in [0.1, 0.15) is 0 Å². The Morgan fingerprint density at radius 1 is 0.237 bits per heavy atom. The third-order valence-corrected chi connectivity index (χ3v) is 15.3. The number of hydrogen-bond donors (Lipinski definition) is 0. The summed E-state index contributed by atoms with van der Waals surface area (Å²) in [6.07, 6.45) is 0. The van der Waals surface area contributed by atoms with Crippen LogP contribution in [-0.2, 0) is 0 Å². The van der Waals surface area contributed by atoms with Crippen LogP contribution in [0, 0.1) is 0 Å². The van der Waals surface area contributed by atoms with Gasteiger partial charge in [0.1, 0.15) is 22.3 Å². The van der Waals surface area contributed by atoms with Gasteiger partial charge in [-0.25, -0.2) is 9.97 Å². The zero-order valence-electron chi connectivity index (χ0n) is 40.9. The molecule has 5 heterocycles. The van der Waals surface area contributed by atoms with Crippen molar-refractivity contribution >= 4 is 87.5 Å². The van der Waals surface area contributed by atoms with Gasteiger partial charge in [-0.2, -0.15) is 0 Å². The van der Waals surface area contributed by atoms with E-state index in [1.165, 1.54) is 21.5 Å². The number of benzene rings is 11. The summed E-state index contributed by atoms with van der Waals surface area (Å²) < 4.78 is 17.4. The van der Waals surface area contributed by atoms with Crippen molar-refractivity contribution < 1.29 is 8.83 Å². The van der Waals surface area contributed by atoms with Gasteiger partial charge in [0, 0.05) is 71.2 Å². The number of hydrogen-bond acceptors (Lipinski definition) is 4. The lowest BCUT2D eigenvalue weighted by molar-refractivity contribution is 0.668. The van der Waals surface area contributed by atoms with Crippen molar-refractivity contribution in [1.82, 2.24) is 19.1 Å². The molecule has 0 aliphatic carbocycles. The Morgan fingerprint density at radius 2 is 0.618 bits per heavy atom. The first kappa shape index (κ1) is 42.2. The van der Waals surface area contributed by atoms with E-state index in [2.05, 4.69) is 240 Å². The summed E-state index contributed by atoms with van der Waals surface area (Å²) >= 11 is 0. The van der Waals surface area contributed by atoms with Crippen LogP contribution in [0.3, 0.4) is 0 Å². The second-order valence-electron chi connectivity index (χ2n) is 19.7. The molecule has 6 nitrogen and oxygen atoms in total. The zero-order chi connectivity index (χ0) is 49.8. The molecular weight excluding hydrogens is 929 g/mol. The van der Waals surface area contributed by atoms with Crippen LogP contribution in [0.25, 0.3) is 155 Å². The molecule has 354 valence electrons. The average molecular weight is 971 g/mol. The maximum absolute atomic E-state index is 6.33. The van der Waals surface area contributed by atoms with Crippen molar-refractivity contribution in [2.24, 2.45) is 0 Å². The molecule has 16 rings (SSSR count). The molecule has 5 aromatic heterocycles. The van der Waals surface area contributed by atoms with Gasteiger partial charge in [-0.1, -0.05) is 152 Å². The van der Waals surface area contributed by atoms with E-state index < -0.39 is 0 Å². The highest BCUT2D eigenvalue weighted by molar-refractivity contribution is 6.12. The number of nitrogens with zero attached hydrogens (tertiary/aromatic N) is 4. The smallest absolute Gasteiger partial charge is 0.160 e. The van der Waals surface area contributed by atoms with Crippen molar-refractivity contribution in [3.63, 3.8) is 0 Å². The molecule has 0 unspecified atom stereocenters. The van der Waals surface area contributed by atoms with Crippen molar-refractivity contribution in [2.45, 2.75) is 0 Å². The van der Waals surface area contributed by atoms with Gasteiger partial charge >= 0.3 is 0 Å². The molecule has 0 amide bonds. The first-order valence-corrected chi connectivity index (χ1v) is 25.7. The lowest BCUT2D eigenvalue weighted by Crippen LogP contribution is -2.02. The lowest BCUT2D eigenvalue weighted by Gasteiger charge is -2.17. The number of rotatable bonds is 7. The second-order valence-corrected chi connectivity index (χ2v) is 19.7. The molecular formula is C70H42N4O2. The molecule has 0 radical (unpaired) electrons. The second kappa shape index (κ2) is 16.6. The summed E-state index contributed by atoms with van der Waals surface area (Å²) in [5.41, 5.74) is 18.7. The summed E-state index contributed by atoms with van der Waals surface area (Å²) in [5.74, 6) is 0.616. The van der Waals surface area contributed by atoms with Gasteiger partial charge in [0.2, 0.25) is 0 Å². The molecule has 76 heavy (non-hydrogen) atoms. The van der Waals surface area contributed by atoms with E-state index in [0.717, 1.165) is 128 Å². The molecule has 11 aromatic carbocycles. The Morgan fingerprint density at radius 3 is 1.09 bits per heavy atom. The maximum atomic E-state index is 6.33. The first-order valence-electron chi connectivity index (χ1n) is 25.7. The van der Waals surface area contributed by atoms with Gasteiger partial charge in [-0.3, -0.25) is 0 Å². The number of fused-ring (bicyclic) bond motifs is 12. The van der Waals surface area contributed by atoms with Crippen LogP contribution in [0.4, 0.5) is 0 Å². The van der Waals surface area contributed by atoms with E-state index in [9.17, 15) is 0 Å². The van der Waals surface area contributed by atoms with Gasteiger partial charge in [0.25, 0.3) is 0 Å². The highest BCUT2D eigenvalue weighted by atomic mass is 16.3. The van der Waals surface area contributed by atoms with Crippen LogP contribution in [-0.4, -0.2) is 19.1 Å². The fourth-order valence-electron chi connectivity index (χ4n) is 11.8. The molecule has 0 aliphatic heterocycles. The van der Waals surface area contributed by atoms with Gasteiger partial charge in [-0.05, 0) is 125 Å². The van der Waals surface area contributed by atoms with Gasteiger partial charge in [0.05, 0.1) is 33.5 Å². The highest BCUT2D eigenvalue weighted by Crippen LogP contribution is 2.42. The molecule has 0 spiro atoms. The summed E-state index contributed by atoms with van der Waals surface area (Å²) in [4.78, 5) is 11.2. The predicted molar refractivity (Wildman–Crippen MR) is 312 cm³/mol. The maximum Gasteiger partial charge on any atom is 0.160 e. The topological polar surface area (TPSA) is 61.9 Å². The van der Waals surface area contributed by atoms with Crippen LogP contribution in [0.2, 0.25) is 0 Å². The standard InChI is InChI=1S/C70H42N4O2/c1-2-16-43(17-3-1)60-42-61(48-35-46(44-30-32-68-58(39-44)56-22-8-14-28-66(56)75-68)34-47(36-48)45-31-33-69-59(40-45)57-23-9-15-29-67(57)76-69)72-70(71-60)49-37-50(73-62-24-10-4-18-52(62)53-19-5-11-25-63(53)73)41-51(38-49)74-64-26-12-6-20-54(64)55-21-7-13-27-65(55)74/h1-42H. The van der Waals surface area contributed by atoms with Crippen molar-refractivity contribution in [1.29, 1.82) is 0 Å². The van der Waals surface area contributed by atoms with Gasteiger partial charge < -0.3 is 18.0 Å². The van der Waals surface area contributed by atoms with E-state index in [1.807, 2.05) is 24.3 Å². The molecule has 0 aliphatic rings. The number of furan rings is 2. The normalized spacial score (nSPS) is 11.9. The fourth-order valence-corrected chi connectivity index (χ4v) is 11.8. The van der Waals surface area contributed by atoms with Crippen molar-refractivity contribution in [3.8, 4) is 67.5 Å². The molecule has 6 heteroatoms. The van der Waals surface area contributed by atoms with E-state index in [4.69, 9.17) is 18.8 Å². The largest absolute Gasteiger partial charge is 0.456 e. The summed E-state index contributed by atoms with van der Waals surface area (Å²) in [6, 6.07) is 90.6.